The molecule has 0 amide bonds. The summed E-state index contributed by atoms with van der Waals surface area (Å²) in [5, 5.41) is 27.0. The van der Waals surface area contributed by atoms with E-state index in [0.717, 1.165) is 5.56 Å². The fourth-order valence-electron chi connectivity index (χ4n) is 2.67. The Morgan fingerprint density at radius 2 is 1.74 bits per heavy atom. The first-order valence-electron chi connectivity index (χ1n) is 8.93. The molecule has 1 aromatic heterocycles. The van der Waals surface area contributed by atoms with Crippen molar-refractivity contribution in [3.8, 4) is 0 Å². The van der Waals surface area contributed by atoms with Crippen molar-refractivity contribution >= 4 is 35.1 Å². The normalized spacial score (nSPS) is 12.4. The number of aromatic nitrogens is 2. The van der Waals surface area contributed by atoms with Gasteiger partial charge in [0.05, 0.1) is 26.1 Å². The average Bonchev–Trinajstić information content (AvgIpc) is 3.21. The van der Waals surface area contributed by atoms with E-state index in [0.29, 0.717) is 22.2 Å². The summed E-state index contributed by atoms with van der Waals surface area (Å²) in [6.07, 6.45) is 5.09. The summed E-state index contributed by atoms with van der Waals surface area (Å²) in [6.45, 7) is 0.753. The number of aliphatic hydroxyl groups is 1. The van der Waals surface area contributed by atoms with E-state index in [1.165, 1.54) is 0 Å². The van der Waals surface area contributed by atoms with Gasteiger partial charge in [0.2, 0.25) is 0 Å². The van der Waals surface area contributed by atoms with Gasteiger partial charge in [0, 0.05) is 28.0 Å². The third kappa shape index (κ3) is 7.69. The van der Waals surface area contributed by atoms with Gasteiger partial charge >= 0.3 is 11.9 Å². The molecule has 0 saturated carbocycles. The third-order valence-corrected chi connectivity index (χ3v) is 4.62. The van der Waals surface area contributed by atoms with E-state index >= 15 is 0 Å². The quantitative estimate of drug-likeness (QED) is 0.455. The second kappa shape index (κ2) is 11.5. The monoisotopic (exact) mass is 466 g/mol. The van der Waals surface area contributed by atoms with Crippen LogP contribution in [0.4, 0.5) is 0 Å². The molecule has 0 aliphatic carbocycles. The molecule has 0 spiro atoms. The SMILES string of the molecule is O=C(O)C(=O)O.OC(COCc1ccccc1)(Cn1ccnc1)c1ccc(Cl)cc1Cl. The van der Waals surface area contributed by atoms with Crippen molar-refractivity contribution in [2.24, 2.45) is 0 Å². The Morgan fingerprint density at radius 1 is 1.06 bits per heavy atom. The topological polar surface area (TPSA) is 122 Å². The number of carbonyl (C=O) groups is 2. The van der Waals surface area contributed by atoms with Crippen LogP contribution in [0.3, 0.4) is 0 Å². The summed E-state index contributed by atoms with van der Waals surface area (Å²) in [5.41, 5.74) is 0.298. The highest BCUT2D eigenvalue weighted by molar-refractivity contribution is 6.35. The van der Waals surface area contributed by atoms with E-state index in [1.54, 1.807) is 41.5 Å². The van der Waals surface area contributed by atoms with Crippen LogP contribution in [0.1, 0.15) is 11.1 Å². The Labute approximate surface area is 188 Å². The number of carboxylic acid groups (broad SMARTS) is 2. The maximum absolute atomic E-state index is 11.3. The molecule has 3 rings (SSSR count). The summed E-state index contributed by atoms with van der Waals surface area (Å²) in [6, 6.07) is 14.9. The standard InChI is InChI=1S/C19H18Cl2N2O2.C2H2O4/c20-16-6-7-17(18(21)10-16)19(24,12-23-9-8-22-14-23)13-25-11-15-4-2-1-3-5-15;3-1(4)2(5)6/h1-10,14,24H,11-13H2;(H,3,4)(H,5,6). The van der Waals surface area contributed by atoms with E-state index < -0.39 is 17.5 Å². The van der Waals surface area contributed by atoms with Crippen molar-refractivity contribution in [3.05, 3.63) is 88.4 Å². The van der Waals surface area contributed by atoms with Crippen molar-refractivity contribution < 1.29 is 29.6 Å². The van der Waals surface area contributed by atoms with Gasteiger partial charge in [0.15, 0.2) is 0 Å². The molecule has 31 heavy (non-hydrogen) atoms. The number of carboxylic acids is 2. The minimum absolute atomic E-state index is 0.0847. The van der Waals surface area contributed by atoms with Crippen molar-refractivity contribution in [1.29, 1.82) is 0 Å². The van der Waals surface area contributed by atoms with Gasteiger partial charge in [0.1, 0.15) is 5.60 Å². The molecule has 3 N–H and O–H groups in total. The average molecular weight is 467 g/mol. The predicted octanol–water partition coefficient (Wildman–Crippen LogP) is 3.45. The van der Waals surface area contributed by atoms with Crippen LogP contribution in [-0.4, -0.2) is 43.4 Å². The zero-order valence-corrected chi connectivity index (χ0v) is 17.7. The molecule has 0 aliphatic rings. The van der Waals surface area contributed by atoms with E-state index in [9.17, 15) is 5.11 Å². The number of ether oxygens (including phenoxy) is 1. The molecule has 8 nitrogen and oxygen atoms in total. The van der Waals surface area contributed by atoms with Crippen LogP contribution in [0.5, 0.6) is 0 Å². The third-order valence-electron chi connectivity index (χ3n) is 4.07. The van der Waals surface area contributed by atoms with Crippen molar-refractivity contribution in [1.82, 2.24) is 9.55 Å². The molecule has 0 bridgehead atoms. The highest BCUT2D eigenvalue weighted by Crippen LogP contribution is 2.32. The predicted molar refractivity (Wildman–Crippen MR) is 114 cm³/mol. The minimum Gasteiger partial charge on any atom is -0.473 e. The summed E-state index contributed by atoms with van der Waals surface area (Å²) < 4.78 is 7.59. The Balaban J connectivity index is 0.000000501. The van der Waals surface area contributed by atoms with Gasteiger partial charge in [-0.15, -0.1) is 0 Å². The summed E-state index contributed by atoms with van der Waals surface area (Å²) in [5.74, 6) is -3.65. The van der Waals surface area contributed by atoms with Gasteiger partial charge in [-0.1, -0.05) is 59.6 Å². The molecule has 1 atom stereocenters. The molecule has 164 valence electrons. The summed E-state index contributed by atoms with van der Waals surface area (Å²) in [7, 11) is 0. The second-order valence-electron chi connectivity index (χ2n) is 6.48. The number of halogens is 2. The maximum Gasteiger partial charge on any atom is 0.414 e. The molecule has 0 radical (unpaired) electrons. The fourth-order valence-corrected chi connectivity index (χ4v) is 3.25. The van der Waals surface area contributed by atoms with Crippen molar-refractivity contribution in [2.45, 2.75) is 18.8 Å². The first kappa shape index (κ1) is 24.4. The Bertz CT molecular complexity index is 986. The number of rotatable bonds is 7. The first-order chi connectivity index (χ1) is 14.7. The second-order valence-corrected chi connectivity index (χ2v) is 7.32. The molecule has 1 heterocycles. The molecule has 2 aromatic carbocycles. The van der Waals surface area contributed by atoms with Gasteiger partial charge in [-0.2, -0.15) is 0 Å². The Hall–Kier alpha value is -2.91. The first-order valence-corrected chi connectivity index (χ1v) is 9.68. The Kier molecular flexibility index (Phi) is 9.02. The number of benzene rings is 2. The van der Waals surface area contributed by atoms with Gasteiger partial charge in [0.25, 0.3) is 0 Å². The largest absolute Gasteiger partial charge is 0.473 e. The number of imidazole rings is 1. The minimum atomic E-state index is -1.82. The Morgan fingerprint density at radius 3 is 2.29 bits per heavy atom. The van der Waals surface area contributed by atoms with Gasteiger partial charge in [-0.05, 0) is 17.7 Å². The molecule has 1 unspecified atom stereocenters. The lowest BCUT2D eigenvalue weighted by Gasteiger charge is -2.30. The maximum atomic E-state index is 11.3. The van der Waals surface area contributed by atoms with E-state index in [-0.39, 0.29) is 13.2 Å². The van der Waals surface area contributed by atoms with Crippen LogP contribution in [0.2, 0.25) is 10.0 Å². The lowest BCUT2D eigenvalue weighted by molar-refractivity contribution is -0.159. The van der Waals surface area contributed by atoms with Crippen LogP contribution in [0.25, 0.3) is 0 Å². The summed E-state index contributed by atoms with van der Waals surface area (Å²) >= 11 is 12.3. The van der Waals surface area contributed by atoms with Crippen LogP contribution in [0.15, 0.2) is 67.3 Å². The summed E-state index contributed by atoms with van der Waals surface area (Å²) in [4.78, 5) is 22.2. The van der Waals surface area contributed by atoms with Gasteiger partial charge in [-0.25, -0.2) is 14.6 Å². The van der Waals surface area contributed by atoms with Gasteiger partial charge in [-0.3, -0.25) is 0 Å². The van der Waals surface area contributed by atoms with Crippen LogP contribution < -0.4 is 0 Å². The fraction of sp³-hybridized carbons (Fsp3) is 0.190. The zero-order valence-electron chi connectivity index (χ0n) is 16.2. The smallest absolute Gasteiger partial charge is 0.414 e. The molecule has 0 saturated heterocycles. The lowest BCUT2D eigenvalue weighted by Crippen LogP contribution is -2.36. The van der Waals surface area contributed by atoms with E-state index in [2.05, 4.69) is 4.98 Å². The van der Waals surface area contributed by atoms with E-state index in [1.807, 2.05) is 30.3 Å². The number of nitrogens with zero attached hydrogens (tertiary/aromatic N) is 2. The van der Waals surface area contributed by atoms with E-state index in [4.69, 9.17) is 47.7 Å². The molecular weight excluding hydrogens is 447 g/mol. The van der Waals surface area contributed by atoms with Crippen molar-refractivity contribution in [3.63, 3.8) is 0 Å². The van der Waals surface area contributed by atoms with Crippen LogP contribution >= 0.6 is 23.2 Å². The zero-order chi connectivity index (χ0) is 22.9. The van der Waals surface area contributed by atoms with Gasteiger partial charge < -0.3 is 24.6 Å². The molecule has 0 fully saturated rings. The number of hydrogen-bond donors (Lipinski definition) is 3. The molecule has 10 heteroatoms. The lowest BCUT2D eigenvalue weighted by atomic mass is 9.94. The van der Waals surface area contributed by atoms with Crippen LogP contribution in [0, 0.1) is 0 Å². The number of aliphatic carboxylic acids is 2. The molecule has 3 aromatic rings. The highest BCUT2D eigenvalue weighted by Gasteiger charge is 2.32. The van der Waals surface area contributed by atoms with Crippen LogP contribution in [-0.2, 0) is 33.1 Å². The highest BCUT2D eigenvalue weighted by atomic mass is 35.5. The number of hydrogen-bond acceptors (Lipinski definition) is 5. The molecule has 0 aliphatic heterocycles. The van der Waals surface area contributed by atoms with Crippen molar-refractivity contribution in [2.75, 3.05) is 6.61 Å². The molecular formula is C21H20Cl2N2O6.